The standard InChI is InChI=1S/C24H20N2O2S2/c1-15(27)25-17-7-9-19(21(13-17)23-5-3-11-29-23)20-10-8-18(26-16(2)28)14-22(20)24-6-4-12-30-24/h3-14H,1-2H3,(H,25,27)(H,26,28). The van der Waals surface area contributed by atoms with Gasteiger partial charge in [0.1, 0.15) is 0 Å². The van der Waals surface area contributed by atoms with Crippen LogP contribution in [0.1, 0.15) is 13.8 Å². The number of anilines is 2. The van der Waals surface area contributed by atoms with E-state index >= 15 is 0 Å². The van der Waals surface area contributed by atoms with Crippen LogP contribution in [0.3, 0.4) is 0 Å². The number of thiophene rings is 2. The van der Waals surface area contributed by atoms with Crippen LogP contribution >= 0.6 is 22.7 Å². The van der Waals surface area contributed by atoms with Gasteiger partial charge in [0.15, 0.2) is 0 Å². The summed E-state index contributed by atoms with van der Waals surface area (Å²) in [6.07, 6.45) is 0. The summed E-state index contributed by atoms with van der Waals surface area (Å²) in [5.41, 5.74) is 5.79. The smallest absolute Gasteiger partial charge is 0.221 e. The van der Waals surface area contributed by atoms with E-state index in [9.17, 15) is 9.59 Å². The van der Waals surface area contributed by atoms with Crippen LogP contribution in [0.15, 0.2) is 71.4 Å². The minimum Gasteiger partial charge on any atom is -0.326 e. The molecule has 0 atom stereocenters. The SMILES string of the molecule is CC(=O)Nc1ccc(-c2ccc(NC(C)=O)cc2-c2cccs2)c(-c2cccs2)c1. The highest BCUT2D eigenvalue weighted by Crippen LogP contribution is 2.42. The highest BCUT2D eigenvalue weighted by Gasteiger charge is 2.16. The van der Waals surface area contributed by atoms with Crippen LogP contribution in [-0.4, -0.2) is 11.8 Å². The molecule has 0 aliphatic heterocycles. The summed E-state index contributed by atoms with van der Waals surface area (Å²) < 4.78 is 0. The van der Waals surface area contributed by atoms with E-state index in [1.54, 1.807) is 22.7 Å². The quantitative estimate of drug-likeness (QED) is 0.367. The van der Waals surface area contributed by atoms with Crippen molar-refractivity contribution in [3.05, 3.63) is 71.4 Å². The first kappa shape index (κ1) is 20.1. The van der Waals surface area contributed by atoms with E-state index in [1.165, 1.54) is 13.8 Å². The number of rotatable bonds is 5. The zero-order chi connectivity index (χ0) is 21.1. The van der Waals surface area contributed by atoms with Crippen LogP contribution in [0.25, 0.3) is 32.0 Å². The summed E-state index contributed by atoms with van der Waals surface area (Å²) in [6, 6.07) is 20.2. The van der Waals surface area contributed by atoms with Crippen molar-refractivity contribution in [1.29, 1.82) is 0 Å². The third-order valence-electron chi connectivity index (χ3n) is 4.54. The summed E-state index contributed by atoms with van der Waals surface area (Å²) in [7, 11) is 0. The maximum Gasteiger partial charge on any atom is 0.221 e. The lowest BCUT2D eigenvalue weighted by molar-refractivity contribution is -0.115. The van der Waals surface area contributed by atoms with Gasteiger partial charge in [-0.25, -0.2) is 0 Å². The molecule has 0 fully saturated rings. The Labute approximate surface area is 183 Å². The maximum absolute atomic E-state index is 11.6. The van der Waals surface area contributed by atoms with E-state index < -0.39 is 0 Å². The fraction of sp³-hybridized carbons (Fsp3) is 0.0833. The van der Waals surface area contributed by atoms with Crippen LogP contribution in [0.2, 0.25) is 0 Å². The van der Waals surface area contributed by atoms with Crippen molar-refractivity contribution < 1.29 is 9.59 Å². The predicted molar refractivity (Wildman–Crippen MR) is 127 cm³/mol. The largest absolute Gasteiger partial charge is 0.326 e. The number of hydrogen-bond donors (Lipinski definition) is 2. The summed E-state index contributed by atoms with van der Waals surface area (Å²) in [5.74, 6) is -0.197. The van der Waals surface area contributed by atoms with E-state index in [-0.39, 0.29) is 11.8 Å². The lowest BCUT2D eigenvalue weighted by Gasteiger charge is -2.16. The molecule has 2 N–H and O–H groups in total. The minimum atomic E-state index is -0.0983. The first-order valence-electron chi connectivity index (χ1n) is 9.42. The van der Waals surface area contributed by atoms with E-state index in [1.807, 2.05) is 59.3 Å². The van der Waals surface area contributed by atoms with E-state index in [0.29, 0.717) is 0 Å². The normalized spacial score (nSPS) is 10.6. The molecular formula is C24H20N2O2S2. The summed E-state index contributed by atoms with van der Waals surface area (Å²) >= 11 is 3.32. The molecule has 4 nitrogen and oxygen atoms in total. The van der Waals surface area contributed by atoms with Gasteiger partial charge in [-0.3, -0.25) is 9.59 Å². The molecule has 0 bridgehead atoms. The highest BCUT2D eigenvalue weighted by molar-refractivity contribution is 7.14. The van der Waals surface area contributed by atoms with Crippen molar-refractivity contribution in [1.82, 2.24) is 0 Å². The van der Waals surface area contributed by atoms with Gasteiger partial charge in [0, 0.05) is 46.1 Å². The van der Waals surface area contributed by atoms with Crippen molar-refractivity contribution >= 4 is 45.9 Å². The number of nitrogens with one attached hydrogen (secondary N) is 2. The third kappa shape index (κ3) is 4.35. The Morgan fingerprint density at radius 3 is 1.40 bits per heavy atom. The number of hydrogen-bond acceptors (Lipinski definition) is 4. The predicted octanol–water partition coefficient (Wildman–Crippen LogP) is 6.73. The van der Waals surface area contributed by atoms with Gasteiger partial charge < -0.3 is 10.6 Å². The fourth-order valence-electron chi connectivity index (χ4n) is 3.39. The lowest BCUT2D eigenvalue weighted by Crippen LogP contribution is -2.06. The zero-order valence-electron chi connectivity index (χ0n) is 16.6. The number of benzene rings is 2. The summed E-state index contributed by atoms with van der Waals surface area (Å²) in [4.78, 5) is 25.4. The molecule has 30 heavy (non-hydrogen) atoms. The Morgan fingerprint density at radius 2 is 1.07 bits per heavy atom. The van der Waals surface area contributed by atoms with Crippen LogP contribution in [-0.2, 0) is 9.59 Å². The average Bonchev–Trinajstić information content (AvgIpc) is 3.41. The van der Waals surface area contributed by atoms with Gasteiger partial charge in [-0.2, -0.15) is 0 Å². The van der Waals surface area contributed by atoms with Gasteiger partial charge >= 0.3 is 0 Å². The zero-order valence-corrected chi connectivity index (χ0v) is 18.2. The Bertz CT molecular complexity index is 1100. The van der Waals surface area contributed by atoms with Crippen LogP contribution in [0.5, 0.6) is 0 Å². The van der Waals surface area contributed by atoms with Gasteiger partial charge in [0.05, 0.1) is 0 Å². The molecule has 0 unspecified atom stereocenters. The van der Waals surface area contributed by atoms with Crippen molar-refractivity contribution in [3.8, 4) is 32.0 Å². The van der Waals surface area contributed by atoms with E-state index in [2.05, 4.69) is 22.8 Å². The van der Waals surface area contributed by atoms with Crippen LogP contribution in [0.4, 0.5) is 11.4 Å². The first-order valence-corrected chi connectivity index (χ1v) is 11.2. The average molecular weight is 433 g/mol. The highest BCUT2D eigenvalue weighted by atomic mass is 32.1. The van der Waals surface area contributed by atoms with Crippen LogP contribution < -0.4 is 10.6 Å². The Morgan fingerprint density at radius 1 is 0.633 bits per heavy atom. The van der Waals surface area contributed by atoms with Gasteiger partial charge in [-0.1, -0.05) is 24.3 Å². The lowest BCUT2D eigenvalue weighted by atomic mass is 9.93. The molecule has 2 aromatic heterocycles. The molecule has 2 amide bonds. The molecule has 4 rings (SSSR count). The Hall–Kier alpha value is -3.22. The second kappa shape index (κ2) is 8.65. The molecule has 0 saturated carbocycles. The van der Waals surface area contributed by atoms with E-state index in [0.717, 1.165) is 43.4 Å². The second-order valence-electron chi connectivity index (χ2n) is 6.84. The number of carbonyl (C=O) groups excluding carboxylic acids is 2. The molecular weight excluding hydrogens is 412 g/mol. The van der Waals surface area contributed by atoms with Crippen molar-refractivity contribution in [3.63, 3.8) is 0 Å². The number of carbonyl (C=O) groups is 2. The van der Waals surface area contributed by atoms with Crippen LogP contribution in [0, 0.1) is 0 Å². The molecule has 6 heteroatoms. The molecule has 4 aromatic rings. The van der Waals surface area contributed by atoms with Crippen molar-refractivity contribution in [2.24, 2.45) is 0 Å². The maximum atomic E-state index is 11.6. The molecule has 0 aliphatic carbocycles. The number of amides is 2. The first-order chi connectivity index (χ1) is 14.5. The molecule has 150 valence electrons. The van der Waals surface area contributed by atoms with Gasteiger partial charge in [0.25, 0.3) is 0 Å². The molecule has 0 radical (unpaired) electrons. The summed E-state index contributed by atoms with van der Waals surface area (Å²) in [5, 5.41) is 9.85. The van der Waals surface area contributed by atoms with Gasteiger partial charge in [-0.15, -0.1) is 22.7 Å². The monoisotopic (exact) mass is 432 g/mol. The Kier molecular flexibility index (Phi) is 5.79. The second-order valence-corrected chi connectivity index (χ2v) is 8.73. The van der Waals surface area contributed by atoms with Gasteiger partial charge in [-0.05, 0) is 58.3 Å². The minimum absolute atomic E-state index is 0.0983. The molecule has 2 heterocycles. The third-order valence-corrected chi connectivity index (χ3v) is 6.35. The molecule has 2 aromatic carbocycles. The molecule has 0 saturated heterocycles. The Balaban J connectivity index is 1.91. The molecule has 0 aliphatic rings. The van der Waals surface area contributed by atoms with E-state index in [4.69, 9.17) is 0 Å². The van der Waals surface area contributed by atoms with Crippen molar-refractivity contribution in [2.45, 2.75) is 13.8 Å². The summed E-state index contributed by atoms with van der Waals surface area (Å²) in [6.45, 7) is 3.02. The topological polar surface area (TPSA) is 58.2 Å². The fourth-order valence-corrected chi connectivity index (χ4v) is 4.91. The molecule has 0 spiro atoms. The van der Waals surface area contributed by atoms with Gasteiger partial charge in [0.2, 0.25) is 11.8 Å². The van der Waals surface area contributed by atoms with Crippen molar-refractivity contribution in [2.75, 3.05) is 10.6 Å².